The first-order chi connectivity index (χ1) is 9.11. The minimum absolute atomic E-state index is 0.0561. The van der Waals surface area contributed by atoms with Crippen LogP contribution in [-0.2, 0) is 16.6 Å². The van der Waals surface area contributed by atoms with Crippen LogP contribution in [0.25, 0.3) is 0 Å². The molecule has 0 spiro atoms. The van der Waals surface area contributed by atoms with E-state index in [0.29, 0.717) is 16.0 Å². The molecule has 0 saturated carbocycles. The van der Waals surface area contributed by atoms with Crippen LogP contribution in [0, 0.1) is 17.1 Å². The summed E-state index contributed by atoms with van der Waals surface area (Å²) in [7, 11) is -1.37. The highest BCUT2D eigenvalue weighted by Crippen LogP contribution is 2.21. The van der Waals surface area contributed by atoms with Gasteiger partial charge in [-0.25, -0.2) is 4.39 Å². The molecule has 2 rings (SSSR count). The van der Waals surface area contributed by atoms with Crippen molar-refractivity contribution in [2.24, 2.45) is 0 Å². The summed E-state index contributed by atoms with van der Waals surface area (Å²) >= 11 is 5.66. The van der Waals surface area contributed by atoms with Gasteiger partial charge >= 0.3 is 0 Å². The van der Waals surface area contributed by atoms with E-state index in [1.807, 2.05) is 0 Å². The molecule has 0 heterocycles. The monoisotopic (exact) mass is 293 g/mol. The van der Waals surface area contributed by atoms with Crippen molar-refractivity contribution >= 4 is 22.4 Å². The molecule has 1 atom stereocenters. The quantitative estimate of drug-likeness (QED) is 0.866. The van der Waals surface area contributed by atoms with Crippen molar-refractivity contribution in [2.75, 3.05) is 0 Å². The van der Waals surface area contributed by atoms with Crippen LogP contribution in [0.5, 0.6) is 0 Å². The van der Waals surface area contributed by atoms with Gasteiger partial charge < -0.3 is 0 Å². The number of nitriles is 1. The van der Waals surface area contributed by atoms with Crippen LogP contribution < -0.4 is 0 Å². The van der Waals surface area contributed by atoms with Crippen molar-refractivity contribution in [3.63, 3.8) is 0 Å². The molecule has 0 saturated heterocycles. The number of hydrogen-bond acceptors (Lipinski definition) is 2. The molecule has 0 aliphatic heterocycles. The zero-order chi connectivity index (χ0) is 13.8. The largest absolute Gasteiger partial charge is 0.254 e. The minimum Gasteiger partial charge on any atom is -0.254 e. The first kappa shape index (κ1) is 13.7. The summed E-state index contributed by atoms with van der Waals surface area (Å²) in [5.41, 5.74) is 1.19. The molecule has 2 aromatic carbocycles. The Bertz CT molecular complexity index is 681. The molecule has 96 valence electrons. The predicted molar refractivity (Wildman–Crippen MR) is 72.7 cm³/mol. The van der Waals surface area contributed by atoms with Gasteiger partial charge in [0.15, 0.2) is 0 Å². The van der Waals surface area contributed by atoms with E-state index in [9.17, 15) is 8.60 Å². The van der Waals surface area contributed by atoms with Crippen molar-refractivity contribution in [3.8, 4) is 6.07 Å². The number of nitrogens with zero attached hydrogens (tertiary/aromatic N) is 1. The lowest BCUT2D eigenvalue weighted by molar-refractivity contribution is 0.626. The number of benzene rings is 2. The van der Waals surface area contributed by atoms with Crippen LogP contribution in [0.1, 0.15) is 11.1 Å². The van der Waals surface area contributed by atoms with Gasteiger partial charge in [0.2, 0.25) is 0 Å². The van der Waals surface area contributed by atoms with Crippen molar-refractivity contribution < 1.29 is 8.60 Å². The lowest BCUT2D eigenvalue weighted by Gasteiger charge is -2.05. The topological polar surface area (TPSA) is 40.9 Å². The molecule has 1 unspecified atom stereocenters. The van der Waals surface area contributed by atoms with Gasteiger partial charge in [0.25, 0.3) is 0 Å². The Hall–Kier alpha value is -1.70. The normalized spacial score (nSPS) is 11.8. The predicted octanol–water partition coefficient (Wildman–Crippen LogP) is 3.66. The third-order valence-electron chi connectivity index (χ3n) is 2.58. The fourth-order valence-electron chi connectivity index (χ4n) is 1.60. The second-order valence-electron chi connectivity index (χ2n) is 3.83. The van der Waals surface area contributed by atoms with Crippen molar-refractivity contribution in [1.29, 1.82) is 5.26 Å². The van der Waals surface area contributed by atoms with E-state index in [1.54, 1.807) is 24.3 Å². The Labute approximate surface area is 117 Å². The van der Waals surface area contributed by atoms with E-state index in [-0.39, 0.29) is 10.8 Å². The summed E-state index contributed by atoms with van der Waals surface area (Å²) in [6.07, 6.45) is 0. The maximum Gasteiger partial charge on any atom is 0.141 e. The number of hydrogen-bond donors (Lipinski definition) is 0. The first-order valence-electron chi connectivity index (χ1n) is 5.43. The van der Waals surface area contributed by atoms with E-state index in [1.165, 1.54) is 18.2 Å². The molecule has 0 radical (unpaired) electrons. The SMILES string of the molecule is N#Cc1ccccc1CS(=O)c1ccc(F)c(Cl)c1. The average molecular weight is 294 g/mol. The molecule has 0 amide bonds. The van der Waals surface area contributed by atoms with E-state index < -0.39 is 16.6 Å². The molecule has 5 heteroatoms. The van der Waals surface area contributed by atoms with Crippen molar-refractivity contribution in [1.82, 2.24) is 0 Å². The molecule has 0 aromatic heterocycles. The Morgan fingerprint density at radius 1 is 1.26 bits per heavy atom. The molecule has 0 aliphatic carbocycles. The first-order valence-corrected chi connectivity index (χ1v) is 7.13. The second-order valence-corrected chi connectivity index (χ2v) is 5.69. The second kappa shape index (κ2) is 5.96. The van der Waals surface area contributed by atoms with Gasteiger partial charge in [0.1, 0.15) is 5.82 Å². The molecule has 2 aromatic rings. The van der Waals surface area contributed by atoms with Gasteiger partial charge in [-0.2, -0.15) is 5.26 Å². The fraction of sp³-hybridized carbons (Fsp3) is 0.0714. The highest BCUT2D eigenvalue weighted by atomic mass is 35.5. The third-order valence-corrected chi connectivity index (χ3v) is 4.22. The van der Waals surface area contributed by atoms with E-state index in [2.05, 4.69) is 6.07 Å². The molecule has 0 fully saturated rings. The Balaban J connectivity index is 2.26. The van der Waals surface area contributed by atoms with E-state index in [0.717, 1.165) is 0 Å². The average Bonchev–Trinajstić information content (AvgIpc) is 2.42. The van der Waals surface area contributed by atoms with Crippen molar-refractivity contribution in [2.45, 2.75) is 10.6 Å². The minimum atomic E-state index is -1.37. The van der Waals surface area contributed by atoms with Gasteiger partial charge in [-0.3, -0.25) is 4.21 Å². The summed E-state index contributed by atoms with van der Waals surface area (Å²) in [6, 6.07) is 13.0. The van der Waals surface area contributed by atoms with Gasteiger partial charge in [-0.15, -0.1) is 0 Å². The summed E-state index contributed by atoms with van der Waals surface area (Å²) in [5.74, 6) is -0.342. The standard InChI is InChI=1S/C14H9ClFNOS/c15-13-7-12(5-6-14(13)16)19(18)9-11-4-2-1-3-10(11)8-17/h1-7H,9H2. The van der Waals surface area contributed by atoms with Gasteiger partial charge in [0.05, 0.1) is 33.2 Å². The lowest BCUT2D eigenvalue weighted by Crippen LogP contribution is -1.99. The van der Waals surface area contributed by atoms with Crippen LogP contribution in [0.2, 0.25) is 5.02 Å². The Morgan fingerprint density at radius 3 is 2.68 bits per heavy atom. The van der Waals surface area contributed by atoms with E-state index >= 15 is 0 Å². The zero-order valence-corrected chi connectivity index (χ0v) is 11.3. The molecule has 19 heavy (non-hydrogen) atoms. The summed E-state index contributed by atoms with van der Waals surface area (Å²) in [5, 5.41) is 8.91. The Kier molecular flexibility index (Phi) is 4.31. The maximum absolute atomic E-state index is 13.0. The molecular weight excluding hydrogens is 285 g/mol. The highest BCUT2D eigenvalue weighted by molar-refractivity contribution is 7.84. The molecule has 0 aliphatic rings. The molecule has 0 bridgehead atoms. The lowest BCUT2D eigenvalue weighted by atomic mass is 10.1. The smallest absolute Gasteiger partial charge is 0.141 e. The summed E-state index contributed by atoms with van der Waals surface area (Å²) in [6.45, 7) is 0. The van der Waals surface area contributed by atoms with Gasteiger partial charge in [-0.05, 0) is 29.8 Å². The van der Waals surface area contributed by atoms with Crippen LogP contribution in [0.4, 0.5) is 4.39 Å². The third kappa shape index (κ3) is 3.19. The number of rotatable bonds is 3. The van der Waals surface area contributed by atoms with Crippen LogP contribution in [0.3, 0.4) is 0 Å². The van der Waals surface area contributed by atoms with Gasteiger partial charge in [-0.1, -0.05) is 29.8 Å². The van der Waals surface area contributed by atoms with Crippen LogP contribution >= 0.6 is 11.6 Å². The zero-order valence-electron chi connectivity index (χ0n) is 9.77. The molecule has 2 nitrogen and oxygen atoms in total. The maximum atomic E-state index is 13.0. The van der Waals surface area contributed by atoms with E-state index in [4.69, 9.17) is 16.9 Å². The van der Waals surface area contributed by atoms with Gasteiger partial charge in [0, 0.05) is 4.90 Å². The van der Waals surface area contributed by atoms with Crippen molar-refractivity contribution in [3.05, 3.63) is 64.4 Å². The summed E-state index contributed by atoms with van der Waals surface area (Å²) in [4.78, 5) is 0.444. The number of halogens is 2. The molecule has 0 N–H and O–H groups in total. The Morgan fingerprint density at radius 2 is 2.00 bits per heavy atom. The highest BCUT2D eigenvalue weighted by Gasteiger charge is 2.10. The fourth-order valence-corrected chi connectivity index (χ4v) is 3.01. The van der Waals surface area contributed by atoms with Crippen LogP contribution in [-0.4, -0.2) is 4.21 Å². The molecular formula is C14H9ClFNOS. The summed E-state index contributed by atoms with van der Waals surface area (Å²) < 4.78 is 25.2. The van der Waals surface area contributed by atoms with Crippen LogP contribution in [0.15, 0.2) is 47.4 Å².